The number of imidazole rings is 1. The Morgan fingerprint density at radius 1 is 1.04 bits per heavy atom. The molecule has 2 fully saturated rings. The molecular weight excluding hydrogens is 312 g/mol. The summed E-state index contributed by atoms with van der Waals surface area (Å²) in [5.41, 5.74) is 2.13. The minimum absolute atomic E-state index is 0.227. The molecule has 0 spiro atoms. The van der Waals surface area contributed by atoms with Gasteiger partial charge in [0.2, 0.25) is 5.91 Å². The molecule has 2 aliphatic rings. The van der Waals surface area contributed by atoms with E-state index in [1.165, 1.54) is 25.7 Å². The lowest BCUT2D eigenvalue weighted by Crippen LogP contribution is -2.42. The van der Waals surface area contributed by atoms with E-state index in [2.05, 4.69) is 25.8 Å². The number of H-pyrrole nitrogens is 1. The number of rotatable bonds is 3. The fourth-order valence-electron chi connectivity index (χ4n) is 4.18. The SMILES string of the molecule is O=C(C1CCN(Cc2nc3ccccc3[nH]2)CC1)N1CCCCCC1. The molecule has 3 heterocycles. The van der Waals surface area contributed by atoms with Crippen molar-refractivity contribution in [2.75, 3.05) is 26.2 Å². The van der Waals surface area contributed by atoms with Crippen molar-refractivity contribution in [3.8, 4) is 0 Å². The van der Waals surface area contributed by atoms with Crippen molar-refractivity contribution in [1.29, 1.82) is 0 Å². The van der Waals surface area contributed by atoms with Gasteiger partial charge in [-0.05, 0) is 50.9 Å². The third-order valence-electron chi connectivity index (χ3n) is 5.67. The average molecular weight is 340 g/mol. The fourth-order valence-corrected chi connectivity index (χ4v) is 4.18. The molecule has 2 aliphatic heterocycles. The van der Waals surface area contributed by atoms with Crippen LogP contribution in [0.25, 0.3) is 11.0 Å². The van der Waals surface area contributed by atoms with Crippen LogP contribution in [0.15, 0.2) is 24.3 Å². The zero-order chi connectivity index (χ0) is 17.1. The lowest BCUT2D eigenvalue weighted by molar-refractivity contribution is -0.137. The Morgan fingerprint density at radius 3 is 2.48 bits per heavy atom. The number of benzene rings is 1. The third kappa shape index (κ3) is 3.87. The van der Waals surface area contributed by atoms with Crippen molar-refractivity contribution >= 4 is 16.9 Å². The summed E-state index contributed by atoms with van der Waals surface area (Å²) in [6, 6.07) is 8.16. The molecule has 0 radical (unpaired) electrons. The first-order valence-corrected chi connectivity index (χ1v) is 9.74. The summed E-state index contributed by atoms with van der Waals surface area (Å²) in [4.78, 5) is 25.4. The number of para-hydroxylation sites is 2. The van der Waals surface area contributed by atoms with Crippen LogP contribution in [0.5, 0.6) is 0 Å². The number of likely N-dealkylation sites (tertiary alicyclic amines) is 2. The van der Waals surface area contributed by atoms with Crippen molar-refractivity contribution in [3.05, 3.63) is 30.1 Å². The van der Waals surface area contributed by atoms with Crippen molar-refractivity contribution in [1.82, 2.24) is 19.8 Å². The molecule has 5 nitrogen and oxygen atoms in total. The number of hydrogen-bond donors (Lipinski definition) is 1. The average Bonchev–Trinajstić information content (AvgIpc) is 2.86. The summed E-state index contributed by atoms with van der Waals surface area (Å²) < 4.78 is 0. The van der Waals surface area contributed by atoms with Crippen molar-refractivity contribution in [2.45, 2.75) is 45.1 Å². The Labute approximate surface area is 149 Å². The lowest BCUT2D eigenvalue weighted by Gasteiger charge is -2.33. The third-order valence-corrected chi connectivity index (χ3v) is 5.67. The van der Waals surface area contributed by atoms with Gasteiger partial charge in [0.25, 0.3) is 0 Å². The molecule has 25 heavy (non-hydrogen) atoms. The van der Waals surface area contributed by atoms with Gasteiger partial charge in [-0.2, -0.15) is 0 Å². The summed E-state index contributed by atoms with van der Waals surface area (Å²) in [6.07, 6.45) is 6.87. The van der Waals surface area contributed by atoms with Crippen LogP contribution < -0.4 is 0 Å². The van der Waals surface area contributed by atoms with Crippen LogP contribution in [0, 0.1) is 5.92 Å². The second kappa shape index (κ2) is 7.56. The largest absolute Gasteiger partial charge is 0.342 e. The molecule has 0 atom stereocenters. The van der Waals surface area contributed by atoms with Crippen molar-refractivity contribution < 1.29 is 4.79 Å². The number of aromatic amines is 1. The van der Waals surface area contributed by atoms with Gasteiger partial charge in [0, 0.05) is 19.0 Å². The van der Waals surface area contributed by atoms with Gasteiger partial charge in [-0.25, -0.2) is 4.98 Å². The van der Waals surface area contributed by atoms with Crippen molar-refractivity contribution in [2.24, 2.45) is 5.92 Å². The summed E-state index contributed by atoms with van der Waals surface area (Å²) in [7, 11) is 0. The maximum atomic E-state index is 12.8. The molecule has 0 bridgehead atoms. The molecule has 4 rings (SSSR count). The van der Waals surface area contributed by atoms with Gasteiger partial charge >= 0.3 is 0 Å². The molecule has 2 aromatic rings. The highest BCUT2D eigenvalue weighted by atomic mass is 16.2. The number of amides is 1. The van der Waals surface area contributed by atoms with E-state index in [-0.39, 0.29) is 5.92 Å². The van der Waals surface area contributed by atoms with E-state index in [4.69, 9.17) is 0 Å². The highest BCUT2D eigenvalue weighted by Crippen LogP contribution is 2.23. The van der Waals surface area contributed by atoms with E-state index in [9.17, 15) is 4.79 Å². The highest BCUT2D eigenvalue weighted by molar-refractivity contribution is 5.79. The predicted octanol–water partition coefficient (Wildman–Crippen LogP) is 3.18. The maximum Gasteiger partial charge on any atom is 0.225 e. The quantitative estimate of drug-likeness (QED) is 0.934. The summed E-state index contributed by atoms with van der Waals surface area (Å²) in [5.74, 6) is 1.66. The van der Waals surface area contributed by atoms with Crippen LogP contribution in [0.2, 0.25) is 0 Å². The Bertz CT molecular complexity index is 676. The van der Waals surface area contributed by atoms with Crippen LogP contribution in [-0.2, 0) is 11.3 Å². The Balaban J connectivity index is 1.31. The normalized spacial score (nSPS) is 20.7. The zero-order valence-electron chi connectivity index (χ0n) is 14.9. The molecule has 0 unspecified atom stereocenters. The van der Waals surface area contributed by atoms with E-state index < -0.39 is 0 Å². The summed E-state index contributed by atoms with van der Waals surface area (Å²) >= 11 is 0. The van der Waals surface area contributed by atoms with Crippen LogP contribution >= 0.6 is 0 Å². The van der Waals surface area contributed by atoms with E-state index in [0.717, 1.165) is 62.4 Å². The molecule has 1 aromatic heterocycles. The van der Waals surface area contributed by atoms with Crippen LogP contribution in [-0.4, -0.2) is 51.9 Å². The molecule has 2 saturated heterocycles. The summed E-state index contributed by atoms with van der Waals surface area (Å²) in [6.45, 7) is 4.76. The minimum atomic E-state index is 0.227. The molecular formula is C20H28N4O. The number of piperidine rings is 1. The van der Waals surface area contributed by atoms with E-state index in [1.807, 2.05) is 18.2 Å². The van der Waals surface area contributed by atoms with E-state index in [1.54, 1.807) is 0 Å². The molecule has 0 aliphatic carbocycles. The van der Waals surface area contributed by atoms with Gasteiger partial charge in [-0.1, -0.05) is 25.0 Å². The molecule has 0 saturated carbocycles. The van der Waals surface area contributed by atoms with Gasteiger partial charge < -0.3 is 9.88 Å². The van der Waals surface area contributed by atoms with Gasteiger partial charge in [0.05, 0.1) is 17.6 Å². The number of nitrogens with one attached hydrogen (secondary N) is 1. The second-order valence-corrected chi connectivity index (χ2v) is 7.49. The van der Waals surface area contributed by atoms with Gasteiger partial charge in [-0.15, -0.1) is 0 Å². The highest BCUT2D eigenvalue weighted by Gasteiger charge is 2.29. The Kier molecular flexibility index (Phi) is 5.02. The van der Waals surface area contributed by atoms with Gasteiger partial charge in [0.1, 0.15) is 5.82 Å². The van der Waals surface area contributed by atoms with Gasteiger partial charge in [0.15, 0.2) is 0 Å². The molecule has 1 amide bonds. The number of carbonyl (C=O) groups is 1. The first-order valence-electron chi connectivity index (χ1n) is 9.74. The molecule has 5 heteroatoms. The number of fused-ring (bicyclic) bond motifs is 1. The molecule has 1 aromatic carbocycles. The standard InChI is InChI=1S/C20H28N4O/c25-20(24-11-5-1-2-6-12-24)16-9-13-23(14-10-16)15-19-21-17-7-3-4-8-18(17)22-19/h3-4,7-8,16H,1-2,5-6,9-15H2,(H,21,22). The first-order chi connectivity index (χ1) is 12.3. The van der Waals surface area contributed by atoms with Crippen LogP contribution in [0.4, 0.5) is 0 Å². The maximum absolute atomic E-state index is 12.8. The minimum Gasteiger partial charge on any atom is -0.342 e. The fraction of sp³-hybridized carbons (Fsp3) is 0.600. The first kappa shape index (κ1) is 16.6. The number of nitrogens with zero attached hydrogens (tertiary/aromatic N) is 3. The van der Waals surface area contributed by atoms with Crippen LogP contribution in [0.1, 0.15) is 44.3 Å². The number of hydrogen-bond acceptors (Lipinski definition) is 3. The topological polar surface area (TPSA) is 52.2 Å². The number of aromatic nitrogens is 2. The van der Waals surface area contributed by atoms with E-state index in [0.29, 0.717) is 5.91 Å². The second-order valence-electron chi connectivity index (χ2n) is 7.49. The van der Waals surface area contributed by atoms with Crippen molar-refractivity contribution in [3.63, 3.8) is 0 Å². The number of carbonyl (C=O) groups excluding carboxylic acids is 1. The molecule has 134 valence electrons. The zero-order valence-corrected chi connectivity index (χ0v) is 14.9. The van der Waals surface area contributed by atoms with Gasteiger partial charge in [-0.3, -0.25) is 9.69 Å². The van der Waals surface area contributed by atoms with E-state index >= 15 is 0 Å². The lowest BCUT2D eigenvalue weighted by atomic mass is 9.95. The Morgan fingerprint density at radius 2 is 1.76 bits per heavy atom. The monoisotopic (exact) mass is 340 g/mol. The molecule has 1 N–H and O–H groups in total. The van der Waals surface area contributed by atoms with Crippen LogP contribution in [0.3, 0.4) is 0 Å². The Hall–Kier alpha value is -1.88. The summed E-state index contributed by atoms with van der Waals surface area (Å²) in [5, 5.41) is 0. The predicted molar refractivity (Wildman–Crippen MR) is 99.1 cm³/mol. The smallest absolute Gasteiger partial charge is 0.225 e.